The molecule has 0 aliphatic carbocycles. The lowest BCUT2D eigenvalue weighted by Gasteiger charge is -2.19. The van der Waals surface area contributed by atoms with Crippen LogP contribution >= 0.6 is 11.8 Å². The Morgan fingerprint density at radius 3 is 2.39 bits per heavy atom. The van der Waals surface area contributed by atoms with Gasteiger partial charge in [-0.05, 0) is 23.1 Å². The molecular weight excluding hydrogens is 438 g/mol. The molecule has 2 aromatic carbocycles. The third kappa shape index (κ3) is 6.55. The lowest BCUT2D eigenvalue weighted by atomic mass is 9.86. The molecule has 3 rings (SSSR count). The van der Waals surface area contributed by atoms with Crippen molar-refractivity contribution >= 4 is 35.1 Å². The second kappa shape index (κ2) is 10.5. The van der Waals surface area contributed by atoms with Gasteiger partial charge < -0.3 is 14.6 Å². The molecular formula is C25H27N3O4S. The van der Waals surface area contributed by atoms with Crippen LogP contribution in [0.25, 0.3) is 0 Å². The first kappa shape index (κ1) is 24.3. The average molecular weight is 466 g/mol. The Hall–Kier alpha value is -3.39. The number of anilines is 1. The number of nitrogens with zero attached hydrogens (tertiary/aromatic N) is 2. The first-order valence-electron chi connectivity index (χ1n) is 10.4. The fourth-order valence-corrected chi connectivity index (χ4v) is 3.76. The molecule has 0 spiro atoms. The molecule has 1 amide bonds. The van der Waals surface area contributed by atoms with Crippen molar-refractivity contribution in [1.29, 1.82) is 0 Å². The van der Waals surface area contributed by atoms with Crippen LogP contribution in [0.5, 0.6) is 0 Å². The summed E-state index contributed by atoms with van der Waals surface area (Å²) in [6.07, 6.45) is 3.46. The summed E-state index contributed by atoms with van der Waals surface area (Å²) in [7, 11) is 1.85. The third-order valence-electron chi connectivity index (χ3n) is 4.94. The number of esters is 1. The van der Waals surface area contributed by atoms with Gasteiger partial charge in [0.2, 0.25) is 5.91 Å². The zero-order chi connectivity index (χ0) is 24.0. The van der Waals surface area contributed by atoms with Crippen LogP contribution < -0.4 is 5.32 Å². The highest BCUT2D eigenvalue weighted by Gasteiger charge is 2.18. The molecule has 0 aliphatic rings. The normalized spacial score (nSPS) is 11.2. The van der Waals surface area contributed by atoms with Crippen molar-refractivity contribution in [1.82, 2.24) is 9.55 Å². The number of Topliss-reactive ketones (excluding diaryl/α,β-unsaturated/α-hetero) is 1. The Kier molecular flexibility index (Phi) is 7.71. The second-order valence-corrected chi connectivity index (χ2v) is 9.47. The molecule has 7 nitrogen and oxygen atoms in total. The van der Waals surface area contributed by atoms with Crippen LogP contribution in [0.15, 0.2) is 66.1 Å². The van der Waals surface area contributed by atoms with Gasteiger partial charge in [-0.15, -0.1) is 0 Å². The van der Waals surface area contributed by atoms with Crippen molar-refractivity contribution in [2.24, 2.45) is 7.05 Å². The second-order valence-electron chi connectivity index (χ2n) is 8.53. The topological polar surface area (TPSA) is 90.3 Å². The number of para-hydroxylation sites is 1. The quantitative estimate of drug-likeness (QED) is 0.300. The van der Waals surface area contributed by atoms with Crippen LogP contribution in [-0.2, 0) is 22.0 Å². The Morgan fingerprint density at radius 2 is 1.76 bits per heavy atom. The van der Waals surface area contributed by atoms with E-state index in [-0.39, 0.29) is 35.0 Å². The van der Waals surface area contributed by atoms with Crippen molar-refractivity contribution < 1.29 is 19.1 Å². The summed E-state index contributed by atoms with van der Waals surface area (Å²) in [4.78, 5) is 41.6. The van der Waals surface area contributed by atoms with E-state index >= 15 is 0 Å². The van der Waals surface area contributed by atoms with Gasteiger partial charge in [-0.3, -0.25) is 9.59 Å². The number of carbonyl (C=O) groups excluding carboxylic acids is 3. The number of ketones is 1. The Labute approximate surface area is 197 Å². The van der Waals surface area contributed by atoms with Gasteiger partial charge in [0.05, 0.1) is 17.0 Å². The Balaban J connectivity index is 1.58. The molecule has 0 radical (unpaired) electrons. The number of hydrogen-bond acceptors (Lipinski definition) is 6. The van der Waals surface area contributed by atoms with Crippen LogP contribution in [-0.4, -0.2) is 39.6 Å². The van der Waals surface area contributed by atoms with Gasteiger partial charge in [-0.25, -0.2) is 9.78 Å². The fraction of sp³-hybridized carbons (Fsp3) is 0.280. The zero-order valence-electron chi connectivity index (χ0n) is 19.1. The van der Waals surface area contributed by atoms with Gasteiger partial charge in [0.1, 0.15) is 0 Å². The molecule has 33 heavy (non-hydrogen) atoms. The van der Waals surface area contributed by atoms with Crippen molar-refractivity contribution in [3.63, 3.8) is 0 Å². The van der Waals surface area contributed by atoms with Crippen molar-refractivity contribution in [2.75, 3.05) is 17.7 Å². The number of benzene rings is 2. The molecule has 0 fully saturated rings. The number of aryl methyl sites for hydroxylation is 1. The Bertz CT molecular complexity index is 1150. The molecule has 8 heteroatoms. The van der Waals surface area contributed by atoms with Gasteiger partial charge in [-0.1, -0.05) is 68.9 Å². The highest BCUT2D eigenvalue weighted by atomic mass is 32.2. The van der Waals surface area contributed by atoms with Gasteiger partial charge in [-0.2, -0.15) is 0 Å². The van der Waals surface area contributed by atoms with E-state index in [2.05, 4.69) is 31.1 Å². The smallest absolute Gasteiger partial charge is 0.340 e. The summed E-state index contributed by atoms with van der Waals surface area (Å²) in [6, 6.07) is 13.8. The molecule has 0 saturated carbocycles. The van der Waals surface area contributed by atoms with Crippen molar-refractivity contribution in [2.45, 2.75) is 31.3 Å². The number of imidazole rings is 1. The predicted octanol–water partition coefficient (Wildman–Crippen LogP) is 4.49. The lowest BCUT2D eigenvalue weighted by molar-refractivity contribution is -0.113. The number of ether oxygens (including phenoxy) is 1. The van der Waals surface area contributed by atoms with Crippen LogP contribution in [0.2, 0.25) is 0 Å². The van der Waals surface area contributed by atoms with E-state index in [9.17, 15) is 14.4 Å². The number of carbonyl (C=O) groups is 3. The zero-order valence-corrected chi connectivity index (χ0v) is 19.9. The number of amides is 1. The standard InChI is InChI=1S/C25H27N3O4S/c1-25(2,3)18-11-9-17(10-12-18)21(29)15-32-23(31)19-7-5-6-8-20(19)27-22(30)16-33-24-26-13-14-28(24)4/h5-14H,15-16H2,1-4H3,(H,27,30). The van der Waals surface area contributed by atoms with E-state index in [0.717, 1.165) is 5.56 Å². The molecule has 0 unspecified atom stereocenters. The highest BCUT2D eigenvalue weighted by Crippen LogP contribution is 2.23. The maximum absolute atomic E-state index is 12.6. The summed E-state index contributed by atoms with van der Waals surface area (Å²) in [5.74, 6) is -1.12. The minimum Gasteiger partial charge on any atom is -0.454 e. The van der Waals surface area contributed by atoms with E-state index in [4.69, 9.17) is 4.74 Å². The summed E-state index contributed by atoms with van der Waals surface area (Å²) in [5.41, 5.74) is 2.09. The van der Waals surface area contributed by atoms with Crippen LogP contribution in [0.4, 0.5) is 5.69 Å². The molecule has 0 atom stereocenters. The molecule has 1 N–H and O–H groups in total. The van der Waals surface area contributed by atoms with Gasteiger partial charge in [0.15, 0.2) is 17.5 Å². The van der Waals surface area contributed by atoms with Crippen LogP contribution in [0, 0.1) is 0 Å². The van der Waals surface area contributed by atoms with Crippen molar-refractivity contribution in [3.05, 3.63) is 77.6 Å². The van der Waals surface area contributed by atoms with Gasteiger partial charge in [0.25, 0.3) is 0 Å². The van der Waals surface area contributed by atoms with E-state index in [1.165, 1.54) is 11.8 Å². The molecule has 1 aromatic heterocycles. The Morgan fingerprint density at radius 1 is 1.06 bits per heavy atom. The number of thioether (sulfide) groups is 1. The average Bonchev–Trinajstić information content (AvgIpc) is 3.20. The number of hydrogen-bond donors (Lipinski definition) is 1. The summed E-state index contributed by atoms with van der Waals surface area (Å²) < 4.78 is 7.06. The number of nitrogens with one attached hydrogen (secondary N) is 1. The largest absolute Gasteiger partial charge is 0.454 e. The molecule has 172 valence electrons. The van der Waals surface area contributed by atoms with Gasteiger partial charge >= 0.3 is 5.97 Å². The highest BCUT2D eigenvalue weighted by molar-refractivity contribution is 7.99. The minimum atomic E-state index is -0.678. The minimum absolute atomic E-state index is 0.0158. The number of aromatic nitrogens is 2. The maximum Gasteiger partial charge on any atom is 0.340 e. The molecule has 0 bridgehead atoms. The summed E-state index contributed by atoms with van der Waals surface area (Å²) in [6.45, 7) is 5.90. The predicted molar refractivity (Wildman–Crippen MR) is 129 cm³/mol. The third-order valence-corrected chi connectivity index (χ3v) is 6.00. The lowest BCUT2D eigenvalue weighted by Crippen LogP contribution is -2.19. The fourth-order valence-electron chi connectivity index (χ4n) is 3.03. The summed E-state index contributed by atoms with van der Waals surface area (Å²) >= 11 is 1.29. The molecule has 0 saturated heterocycles. The van der Waals surface area contributed by atoms with Crippen LogP contribution in [0.3, 0.4) is 0 Å². The SMILES string of the molecule is Cn1ccnc1SCC(=O)Nc1ccccc1C(=O)OCC(=O)c1ccc(C(C)(C)C)cc1. The summed E-state index contributed by atoms with van der Waals surface area (Å²) in [5, 5.41) is 3.45. The first-order chi connectivity index (χ1) is 15.6. The van der Waals surface area contributed by atoms with E-state index < -0.39 is 5.97 Å². The molecule has 3 aromatic rings. The molecule has 0 aliphatic heterocycles. The monoisotopic (exact) mass is 465 g/mol. The van der Waals surface area contributed by atoms with E-state index in [1.54, 1.807) is 48.8 Å². The van der Waals surface area contributed by atoms with Crippen LogP contribution in [0.1, 0.15) is 47.1 Å². The van der Waals surface area contributed by atoms with E-state index in [0.29, 0.717) is 16.4 Å². The first-order valence-corrected chi connectivity index (χ1v) is 11.4. The number of rotatable bonds is 8. The van der Waals surface area contributed by atoms with Gasteiger partial charge in [0, 0.05) is 25.0 Å². The van der Waals surface area contributed by atoms with Crippen molar-refractivity contribution in [3.8, 4) is 0 Å². The molecule has 1 heterocycles. The maximum atomic E-state index is 12.6. The van der Waals surface area contributed by atoms with E-state index in [1.807, 2.05) is 23.7 Å².